The summed E-state index contributed by atoms with van der Waals surface area (Å²) in [6.07, 6.45) is 1.46. The highest BCUT2D eigenvalue weighted by atomic mass is 19.1. The van der Waals surface area contributed by atoms with E-state index < -0.39 is 17.2 Å². The van der Waals surface area contributed by atoms with Gasteiger partial charge in [-0.25, -0.2) is 13.8 Å². The zero-order valence-corrected chi connectivity index (χ0v) is 10.5. The third-order valence-corrected chi connectivity index (χ3v) is 2.72. The molecule has 0 fully saturated rings. The molecule has 1 aromatic carbocycles. The molecular weight excluding hydrogens is 236 g/mol. The molecule has 0 aliphatic heterocycles. The predicted octanol–water partition coefficient (Wildman–Crippen LogP) is 2.86. The quantitative estimate of drug-likeness (QED) is 0.862. The Balaban J connectivity index is 2.50. The second kappa shape index (κ2) is 4.17. The van der Waals surface area contributed by atoms with Crippen molar-refractivity contribution in [2.24, 2.45) is 5.73 Å². The van der Waals surface area contributed by atoms with Crippen LogP contribution in [0.15, 0.2) is 18.3 Å². The van der Waals surface area contributed by atoms with Crippen LogP contribution < -0.4 is 5.73 Å². The minimum absolute atomic E-state index is 0.154. The Labute approximate surface area is 104 Å². The molecular formula is C13H15F2N3. The maximum absolute atomic E-state index is 13.8. The first kappa shape index (κ1) is 12.7. The number of hydrogen-bond acceptors (Lipinski definition) is 2. The van der Waals surface area contributed by atoms with Crippen LogP contribution in [0.25, 0.3) is 11.3 Å². The molecule has 1 aromatic heterocycles. The Bertz CT molecular complexity index is 582. The summed E-state index contributed by atoms with van der Waals surface area (Å²) >= 11 is 0. The lowest BCUT2D eigenvalue weighted by Crippen LogP contribution is -2.30. The minimum atomic E-state index is -0.655. The van der Waals surface area contributed by atoms with Crippen molar-refractivity contribution in [3.63, 3.8) is 0 Å². The second-order valence-corrected chi connectivity index (χ2v) is 4.95. The van der Waals surface area contributed by atoms with Crippen molar-refractivity contribution >= 4 is 0 Å². The summed E-state index contributed by atoms with van der Waals surface area (Å²) in [6.45, 7) is 5.08. The van der Waals surface area contributed by atoms with Gasteiger partial charge in [0, 0.05) is 5.56 Å². The lowest BCUT2D eigenvalue weighted by atomic mass is 10.1. The number of hydrogen-bond donors (Lipinski definition) is 2. The van der Waals surface area contributed by atoms with Gasteiger partial charge in [-0.05, 0) is 38.5 Å². The topological polar surface area (TPSA) is 54.7 Å². The number of nitrogens with one attached hydrogen (secondary N) is 1. The highest BCUT2D eigenvalue weighted by molar-refractivity contribution is 5.60. The number of halogens is 2. The molecule has 18 heavy (non-hydrogen) atoms. The van der Waals surface area contributed by atoms with Crippen LogP contribution in [-0.2, 0) is 5.54 Å². The Morgan fingerprint density at radius 3 is 2.44 bits per heavy atom. The van der Waals surface area contributed by atoms with Gasteiger partial charge in [-0.1, -0.05) is 0 Å². The molecule has 3 nitrogen and oxygen atoms in total. The van der Waals surface area contributed by atoms with Gasteiger partial charge in [0.05, 0.1) is 17.4 Å². The SMILES string of the molecule is Cc1cc(F)c(-c2cnc(C(C)(C)N)[nH]2)cc1F. The second-order valence-electron chi connectivity index (χ2n) is 4.95. The summed E-state index contributed by atoms with van der Waals surface area (Å²) in [4.78, 5) is 7.00. The largest absolute Gasteiger partial charge is 0.340 e. The van der Waals surface area contributed by atoms with Gasteiger partial charge in [0.1, 0.15) is 17.5 Å². The van der Waals surface area contributed by atoms with E-state index in [4.69, 9.17) is 5.73 Å². The molecule has 2 aromatic rings. The third-order valence-electron chi connectivity index (χ3n) is 2.72. The number of aryl methyl sites for hydroxylation is 1. The Hall–Kier alpha value is -1.75. The van der Waals surface area contributed by atoms with Crippen LogP contribution in [-0.4, -0.2) is 9.97 Å². The summed E-state index contributed by atoms with van der Waals surface area (Å²) in [7, 11) is 0. The third kappa shape index (κ3) is 2.26. The molecule has 0 aliphatic carbocycles. The van der Waals surface area contributed by atoms with E-state index >= 15 is 0 Å². The lowest BCUT2D eigenvalue weighted by Gasteiger charge is -2.14. The van der Waals surface area contributed by atoms with Crippen molar-refractivity contribution in [2.45, 2.75) is 26.3 Å². The van der Waals surface area contributed by atoms with E-state index in [1.54, 1.807) is 13.8 Å². The average Bonchev–Trinajstić information content (AvgIpc) is 2.72. The lowest BCUT2D eigenvalue weighted by molar-refractivity contribution is 0.520. The number of aromatic nitrogens is 2. The van der Waals surface area contributed by atoms with Crippen molar-refractivity contribution in [2.75, 3.05) is 0 Å². The molecule has 0 radical (unpaired) electrons. The fraction of sp³-hybridized carbons (Fsp3) is 0.308. The van der Waals surface area contributed by atoms with Gasteiger partial charge >= 0.3 is 0 Å². The Kier molecular flexibility index (Phi) is 2.94. The first-order valence-corrected chi connectivity index (χ1v) is 5.59. The fourth-order valence-corrected chi connectivity index (χ4v) is 1.64. The maximum atomic E-state index is 13.8. The van der Waals surface area contributed by atoms with E-state index in [0.29, 0.717) is 11.5 Å². The standard InChI is InChI=1S/C13H15F2N3/c1-7-4-10(15)8(5-9(7)14)11-6-17-12(18-11)13(2,3)16/h4-6H,16H2,1-3H3,(H,17,18). The zero-order valence-electron chi connectivity index (χ0n) is 10.5. The summed E-state index contributed by atoms with van der Waals surface area (Å²) < 4.78 is 27.2. The van der Waals surface area contributed by atoms with Gasteiger partial charge in [-0.15, -0.1) is 0 Å². The van der Waals surface area contributed by atoms with Gasteiger partial charge in [0.2, 0.25) is 0 Å². The van der Waals surface area contributed by atoms with Gasteiger partial charge in [-0.3, -0.25) is 0 Å². The molecule has 3 N–H and O–H groups in total. The van der Waals surface area contributed by atoms with Crippen LogP contribution in [0, 0.1) is 18.6 Å². The summed E-state index contributed by atoms with van der Waals surface area (Å²) in [6, 6.07) is 2.32. The van der Waals surface area contributed by atoms with Gasteiger partial charge in [0.25, 0.3) is 0 Å². The highest BCUT2D eigenvalue weighted by Crippen LogP contribution is 2.25. The fourth-order valence-electron chi connectivity index (χ4n) is 1.64. The molecule has 0 amide bonds. The number of aromatic amines is 1. The predicted molar refractivity (Wildman–Crippen MR) is 65.9 cm³/mol. The van der Waals surface area contributed by atoms with Crippen LogP contribution in [0.3, 0.4) is 0 Å². The number of nitrogens with zero attached hydrogens (tertiary/aromatic N) is 1. The van der Waals surface area contributed by atoms with E-state index in [0.717, 1.165) is 6.07 Å². The summed E-state index contributed by atoms with van der Waals surface area (Å²) in [5, 5.41) is 0. The molecule has 0 aliphatic rings. The van der Waals surface area contributed by atoms with Crippen LogP contribution in [0.4, 0.5) is 8.78 Å². The molecule has 0 atom stereocenters. The number of rotatable bonds is 2. The van der Waals surface area contributed by atoms with Crippen molar-refractivity contribution in [3.8, 4) is 11.3 Å². The molecule has 5 heteroatoms. The number of nitrogens with two attached hydrogens (primary N) is 1. The van der Waals surface area contributed by atoms with Crippen molar-refractivity contribution in [1.82, 2.24) is 9.97 Å². The molecule has 0 spiro atoms. The molecule has 96 valence electrons. The maximum Gasteiger partial charge on any atom is 0.133 e. The number of benzene rings is 1. The first-order valence-electron chi connectivity index (χ1n) is 5.59. The van der Waals surface area contributed by atoms with Crippen LogP contribution in [0.5, 0.6) is 0 Å². The minimum Gasteiger partial charge on any atom is -0.340 e. The molecule has 2 rings (SSSR count). The van der Waals surface area contributed by atoms with E-state index in [1.807, 2.05) is 0 Å². The monoisotopic (exact) mass is 251 g/mol. The van der Waals surface area contributed by atoms with Gasteiger partial charge in [-0.2, -0.15) is 0 Å². The molecule has 0 bridgehead atoms. The molecule has 0 saturated carbocycles. The highest BCUT2D eigenvalue weighted by Gasteiger charge is 2.19. The van der Waals surface area contributed by atoms with Crippen molar-refractivity contribution < 1.29 is 8.78 Å². The Morgan fingerprint density at radius 1 is 1.22 bits per heavy atom. The molecule has 1 heterocycles. The first-order chi connectivity index (χ1) is 8.29. The summed E-state index contributed by atoms with van der Waals surface area (Å²) in [5.41, 5.74) is 6.07. The van der Waals surface area contributed by atoms with E-state index in [9.17, 15) is 8.78 Å². The molecule has 0 saturated heterocycles. The Morgan fingerprint density at radius 2 is 1.89 bits per heavy atom. The van der Waals surface area contributed by atoms with Gasteiger partial charge in [0.15, 0.2) is 0 Å². The number of H-pyrrole nitrogens is 1. The van der Waals surface area contributed by atoms with E-state index in [2.05, 4.69) is 9.97 Å². The van der Waals surface area contributed by atoms with Crippen LogP contribution >= 0.6 is 0 Å². The molecule has 0 unspecified atom stereocenters. The smallest absolute Gasteiger partial charge is 0.133 e. The van der Waals surface area contributed by atoms with Crippen molar-refractivity contribution in [1.29, 1.82) is 0 Å². The van der Waals surface area contributed by atoms with Gasteiger partial charge < -0.3 is 10.7 Å². The van der Waals surface area contributed by atoms with E-state index in [-0.39, 0.29) is 11.1 Å². The zero-order chi connectivity index (χ0) is 13.5. The van der Waals surface area contributed by atoms with Crippen LogP contribution in [0.1, 0.15) is 25.2 Å². The van der Waals surface area contributed by atoms with Crippen LogP contribution in [0.2, 0.25) is 0 Å². The normalized spacial score (nSPS) is 11.9. The van der Waals surface area contributed by atoms with E-state index in [1.165, 1.54) is 19.2 Å². The van der Waals surface area contributed by atoms with Crippen molar-refractivity contribution in [3.05, 3.63) is 41.4 Å². The average molecular weight is 251 g/mol. The summed E-state index contributed by atoms with van der Waals surface area (Å²) in [5.74, 6) is -0.411. The number of imidazole rings is 1.